The highest BCUT2D eigenvalue weighted by Gasteiger charge is 2.33. The summed E-state index contributed by atoms with van der Waals surface area (Å²) in [6.45, 7) is 1.61. The second-order valence-corrected chi connectivity index (χ2v) is 3.46. The van der Waals surface area contributed by atoms with E-state index in [4.69, 9.17) is 11.6 Å². The summed E-state index contributed by atoms with van der Waals surface area (Å²) in [6.07, 6.45) is -1.89. The zero-order chi connectivity index (χ0) is 12.3. The van der Waals surface area contributed by atoms with Gasteiger partial charge >= 0.3 is 6.18 Å². The van der Waals surface area contributed by atoms with Crippen LogP contribution in [0.25, 0.3) is 0 Å². The van der Waals surface area contributed by atoms with Crippen molar-refractivity contribution in [1.29, 1.82) is 0 Å². The van der Waals surface area contributed by atoms with Gasteiger partial charge in [0, 0.05) is 5.56 Å². The fourth-order valence-electron chi connectivity index (χ4n) is 1.14. The van der Waals surface area contributed by atoms with Crippen LogP contribution < -0.4 is 0 Å². The first kappa shape index (κ1) is 12.8. The van der Waals surface area contributed by atoms with Gasteiger partial charge in [-0.3, -0.25) is 4.79 Å². The predicted molar refractivity (Wildman–Crippen MR) is 55.6 cm³/mol. The van der Waals surface area contributed by atoms with Crippen molar-refractivity contribution in [2.45, 2.75) is 13.1 Å². The van der Waals surface area contributed by atoms with E-state index in [0.29, 0.717) is 0 Å². The molecule has 0 aliphatic heterocycles. The van der Waals surface area contributed by atoms with Crippen LogP contribution in [0.4, 0.5) is 13.2 Å². The molecular weight excluding hydrogens is 241 g/mol. The SMILES string of the molecule is C/C=C/C(=O)c1ccc(Cl)c(C(F)(F)F)c1. The Hall–Kier alpha value is -1.29. The fourth-order valence-corrected chi connectivity index (χ4v) is 1.37. The molecule has 1 aromatic rings. The molecule has 0 saturated heterocycles. The first-order valence-electron chi connectivity index (χ1n) is 4.40. The third-order valence-electron chi connectivity index (χ3n) is 1.87. The van der Waals surface area contributed by atoms with Gasteiger partial charge in [-0.2, -0.15) is 13.2 Å². The quantitative estimate of drug-likeness (QED) is 0.568. The summed E-state index contributed by atoms with van der Waals surface area (Å²) >= 11 is 5.41. The molecule has 0 atom stereocenters. The Bertz CT molecular complexity index is 435. The zero-order valence-electron chi connectivity index (χ0n) is 8.31. The first-order chi connectivity index (χ1) is 7.36. The van der Waals surface area contributed by atoms with Crippen LogP contribution in [0, 0.1) is 0 Å². The topological polar surface area (TPSA) is 17.1 Å². The third-order valence-corrected chi connectivity index (χ3v) is 2.20. The van der Waals surface area contributed by atoms with E-state index >= 15 is 0 Å². The highest BCUT2D eigenvalue weighted by atomic mass is 35.5. The van der Waals surface area contributed by atoms with Crippen LogP contribution in [-0.2, 0) is 6.18 Å². The molecule has 1 rings (SSSR count). The normalized spacial score (nSPS) is 12.1. The molecule has 0 N–H and O–H groups in total. The van der Waals surface area contributed by atoms with Gasteiger partial charge in [0.2, 0.25) is 0 Å². The number of alkyl halides is 3. The number of hydrogen-bond acceptors (Lipinski definition) is 1. The average molecular weight is 249 g/mol. The van der Waals surface area contributed by atoms with E-state index in [1.165, 1.54) is 18.2 Å². The van der Waals surface area contributed by atoms with Gasteiger partial charge in [0.25, 0.3) is 0 Å². The zero-order valence-corrected chi connectivity index (χ0v) is 9.06. The Morgan fingerprint density at radius 2 is 2.00 bits per heavy atom. The maximum Gasteiger partial charge on any atom is 0.417 e. The molecule has 0 unspecified atom stereocenters. The molecule has 0 amide bonds. The van der Waals surface area contributed by atoms with Gasteiger partial charge in [-0.05, 0) is 31.2 Å². The second-order valence-electron chi connectivity index (χ2n) is 3.06. The maximum absolute atomic E-state index is 12.5. The molecule has 0 aliphatic carbocycles. The number of benzene rings is 1. The Morgan fingerprint density at radius 3 is 2.50 bits per heavy atom. The van der Waals surface area contributed by atoms with Gasteiger partial charge in [-0.1, -0.05) is 17.7 Å². The van der Waals surface area contributed by atoms with E-state index in [1.54, 1.807) is 6.92 Å². The summed E-state index contributed by atoms with van der Waals surface area (Å²) in [5.74, 6) is -0.482. The van der Waals surface area contributed by atoms with Crippen molar-refractivity contribution in [3.8, 4) is 0 Å². The largest absolute Gasteiger partial charge is 0.417 e. The highest BCUT2D eigenvalue weighted by molar-refractivity contribution is 6.31. The molecule has 5 heteroatoms. The van der Waals surface area contributed by atoms with Gasteiger partial charge in [-0.25, -0.2) is 0 Å². The van der Waals surface area contributed by atoms with Crippen molar-refractivity contribution in [3.05, 3.63) is 46.5 Å². The summed E-state index contributed by atoms with van der Waals surface area (Å²) in [5, 5.41) is -0.412. The Kier molecular flexibility index (Phi) is 3.75. The number of hydrogen-bond donors (Lipinski definition) is 0. The lowest BCUT2D eigenvalue weighted by molar-refractivity contribution is -0.137. The van der Waals surface area contributed by atoms with Crippen LogP contribution in [0.15, 0.2) is 30.4 Å². The molecule has 1 nitrogen and oxygen atoms in total. The summed E-state index contributed by atoms with van der Waals surface area (Å²) < 4.78 is 37.4. The average Bonchev–Trinajstić information content (AvgIpc) is 2.16. The number of ketones is 1. The van der Waals surface area contributed by atoms with Crippen molar-refractivity contribution in [2.24, 2.45) is 0 Å². The molecular formula is C11H8ClF3O. The highest BCUT2D eigenvalue weighted by Crippen LogP contribution is 2.35. The molecule has 1 aromatic carbocycles. The van der Waals surface area contributed by atoms with Crippen molar-refractivity contribution in [1.82, 2.24) is 0 Å². The van der Waals surface area contributed by atoms with Crippen LogP contribution in [0.5, 0.6) is 0 Å². The predicted octanol–water partition coefficient (Wildman–Crippen LogP) is 4.12. The summed E-state index contributed by atoms with van der Waals surface area (Å²) in [7, 11) is 0. The van der Waals surface area contributed by atoms with Crippen molar-refractivity contribution in [3.63, 3.8) is 0 Å². The molecule has 0 aliphatic rings. The molecule has 16 heavy (non-hydrogen) atoms. The number of rotatable bonds is 2. The molecule has 0 radical (unpaired) electrons. The molecule has 0 bridgehead atoms. The second kappa shape index (κ2) is 4.70. The van der Waals surface area contributed by atoms with Crippen LogP contribution in [0.2, 0.25) is 5.02 Å². The molecule has 0 heterocycles. The van der Waals surface area contributed by atoms with Gasteiger partial charge < -0.3 is 0 Å². The first-order valence-corrected chi connectivity index (χ1v) is 4.78. The molecule has 86 valence electrons. The fraction of sp³-hybridized carbons (Fsp3) is 0.182. The van der Waals surface area contributed by atoms with E-state index in [9.17, 15) is 18.0 Å². The minimum atomic E-state index is -4.55. The van der Waals surface area contributed by atoms with Crippen LogP contribution in [0.1, 0.15) is 22.8 Å². The number of carbonyl (C=O) groups excluding carboxylic acids is 1. The van der Waals surface area contributed by atoms with E-state index in [2.05, 4.69) is 0 Å². The lowest BCUT2D eigenvalue weighted by Gasteiger charge is -2.09. The Morgan fingerprint density at radius 1 is 1.38 bits per heavy atom. The number of halogens is 4. The summed E-state index contributed by atoms with van der Waals surface area (Å²) in [6, 6.07) is 3.09. The molecule has 0 saturated carbocycles. The lowest BCUT2D eigenvalue weighted by Crippen LogP contribution is -2.07. The van der Waals surface area contributed by atoms with E-state index < -0.39 is 22.5 Å². The standard InChI is InChI=1S/C11H8ClF3O/c1-2-3-10(16)7-4-5-9(12)8(6-7)11(13,14)15/h2-6H,1H3/b3-2+. The van der Waals surface area contributed by atoms with Gasteiger partial charge in [0.15, 0.2) is 5.78 Å². The molecule has 0 spiro atoms. The van der Waals surface area contributed by atoms with Crippen LogP contribution >= 0.6 is 11.6 Å². The maximum atomic E-state index is 12.5. The smallest absolute Gasteiger partial charge is 0.289 e. The summed E-state index contributed by atoms with van der Waals surface area (Å²) in [4.78, 5) is 11.3. The Balaban J connectivity index is 3.23. The minimum absolute atomic E-state index is 0.0326. The van der Waals surface area contributed by atoms with Crippen LogP contribution in [-0.4, -0.2) is 5.78 Å². The molecule has 0 aromatic heterocycles. The third kappa shape index (κ3) is 2.85. The van der Waals surface area contributed by atoms with Crippen LogP contribution in [0.3, 0.4) is 0 Å². The lowest BCUT2D eigenvalue weighted by atomic mass is 10.1. The van der Waals surface area contributed by atoms with Crippen molar-refractivity contribution < 1.29 is 18.0 Å². The van der Waals surface area contributed by atoms with Gasteiger partial charge in [-0.15, -0.1) is 0 Å². The van der Waals surface area contributed by atoms with Gasteiger partial charge in [0.1, 0.15) is 0 Å². The number of carbonyl (C=O) groups is 1. The van der Waals surface area contributed by atoms with E-state index in [1.807, 2.05) is 0 Å². The number of allylic oxidation sites excluding steroid dienone is 2. The van der Waals surface area contributed by atoms with Crippen molar-refractivity contribution >= 4 is 17.4 Å². The van der Waals surface area contributed by atoms with E-state index in [0.717, 1.165) is 12.1 Å². The van der Waals surface area contributed by atoms with Gasteiger partial charge in [0.05, 0.1) is 10.6 Å². The van der Waals surface area contributed by atoms with E-state index in [-0.39, 0.29) is 5.56 Å². The summed E-state index contributed by atoms with van der Waals surface area (Å²) in [5.41, 5.74) is -1.03. The monoisotopic (exact) mass is 248 g/mol. The molecule has 0 fully saturated rings. The Labute approximate surface area is 95.5 Å². The minimum Gasteiger partial charge on any atom is -0.289 e. The van der Waals surface area contributed by atoms with Crippen molar-refractivity contribution in [2.75, 3.05) is 0 Å².